The fourth-order valence-electron chi connectivity index (χ4n) is 2.20. The number of thioether (sulfide) groups is 1. The highest BCUT2D eigenvalue weighted by Gasteiger charge is 2.28. The molecule has 0 radical (unpaired) electrons. The van der Waals surface area contributed by atoms with Gasteiger partial charge in [0.25, 0.3) is 10.0 Å². The number of sulfonamides is 1. The summed E-state index contributed by atoms with van der Waals surface area (Å²) in [5.74, 6) is -0.623. The van der Waals surface area contributed by atoms with Gasteiger partial charge in [-0.15, -0.1) is 11.8 Å². The Morgan fingerprint density at radius 1 is 1.12 bits per heavy atom. The lowest BCUT2D eigenvalue weighted by Crippen LogP contribution is -2.36. The van der Waals surface area contributed by atoms with E-state index in [0.29, 0.717) is 5.69 Å². The van der Waals surface area contributed by atoms with E-state index in [0.717, 1.165) is 14.8 Å². The first-order valence-corrected chi connectivity index (χ1v) is 9.86. The Hall–Kier alpha value is -1.99. The molecule has 2 aromatic rings. The third kappa shape index (κ3) is 3.91. The topological polar surface area (TPSA) is 63.7 Å². The number of hydrogen-bond donors (Lipinski definition) is 0. The Morgan fingerprint density at radius 3 is 2.29 bits per heavy atom. The third-order valence-corrected chi connectivity index (χ3v) is 6.05. The molecule has 5 nitrogen and oxygen atoms in total. The van der Waals surface area contributed by atoms with Gasteiger partial charge in [-0.05, 0) is 49.1 Å². The number of aryl methyl sites for hydroxylation is 1. The average Bonchev–Trinajstić information content (AvgIpc) is 2.60. The summed E-state index contributed by atoms with van der Waals surface area (Å²) in [6, 6.07) is 13.6. The smallest absolute Gasteiger partial charge is 0.326 e. The zero-order chi connectivity index (χ0) is 17.7. The minimum Gasteiger partial charge on any atom is -0.468 e. The molecule has 0 heterocycles. The Kier molecular flexibility index (Phi) is 5.90. The van der Waals surface area contributed by atoms with Gasteiger partial charge < -0.3 is 4.74 Å². The molecule has 0 aliphatic carbocycles. The molecule has 0 aliphatic heterocycles. The van der Waals surface area contributed by atoms with Gasteiger partial charge in [-0.2, -0.15) is 0 Å². The minimum atomic E-state index is -3.88. The summed E-state index contributed by atoms with van der Waals surface area (Å²) >= 11 is 1.53. The van der Waals surface area contributed by atoms with Crippen LogP contribution in [0.4, 0.5) is 5.69 Å². The van der Waals surface area contributed by atoms with Crippen LogP contribution in [0.3, 0.4) is 0 Å². The minimum absolute atomic E-state index is 0.132. The zero-order valence-corrected chi connectivity index (χ0v) is 15.4. The molecule has 0 aromatic heterocycles. The third-order valence-electron chi connectivity index (χ3n) is 3.53. The number of carbonyl (C=O) groups is 1. The SMILES string of the molecule is COC(=O)CN(c1ccccc1C)S(=O)(=O)c1ccc(SC)cc1. The fourth-order valence-corrected chi connectivity index (χ4v) is 4.08. The van der Waals surface area contributed by atoms with Gasteiger partial charge in [0.2, 0.25) is 0 Å². The summed E-state index contributed by atoms with van der Waals surface area (Å²) in [5, 5.41) is 0. The number of para-hydroxylation sites is 1. The van der Waals surface area contributed by atoms with E-state index >= 15 is 0 Å². The van der Waals surface area contributed by atoms with Crippen LogP contribution >= 0.6 is 11.8 Å². The van der Waals surface area contributed by atoms with Crippen molar-refractivity contribution >= 4 is 33.4 Å². The number of carbonyl (C=O) groups excluding carboxylic acids is 1. The van der Waals surface area contributed by atoms with Gasteiger partial charge in [0.1, 0.15) is 6.54 Å². The fraction of sp³-hybridized carbons (Fsp3) is 0.235. The first-order valence-electron chi connectivity index (χ1n) is 7.19. The van der Waals surface area contributed by atoms with Gasteiger partial charge in [-0.25, -0.2) is 8.42 Å². The molecule has 24 heavy (non-hydrogen) atoms. The molecular weight excluding hydrogens is 346 g/mol. The largest absolute Gasteiger partial charge is 0.468 e. The standard InChI is InChI=1S/C17H19NO4S2/c1-13-6-4-5-7-16(13)18(12-17(19)22-2)24(20,21)15-10-8-14(23-3)9-11-15/h4-11H,12H2,1-3H3. The van der Waals surface area contributed by atoms with Gasteiger partial charge in [0, 0.05) is 4.90 Å². The second-order valence-electron chi connectivity index (χ2n) is 5.05. The molecule has 0 aliphatic rings. The quantitative estimate of drug-likeness (QED) is 0.581. The van der Waals surface area contributed by atoms with Gasteiger partial charge in [0.15, 0.2) is 0 Å². The summed E-state index contributed by atoms with van der Waals surface area (Å²) in [7, 11) is -2.65. The molecule has 0 unspecified atom stereocenters. The lowest BCUT2D eigenvalue weighted by Gasteiger charge is -2.25. The predicted molar refractivity (Wildman–Crippen MR) is 95.9 cm³/mol. The van der Waals surface area contributed by atoms with Crippen LogP contribution in [0.5, 0.6) is 0 Å². The number of nitrogens with zero attached hydrogens (tertiary/aromatic N) is 1. The number of anilines is 1. The van der Waals surface area contributed by atoms with Crippen LogP contribution < -0.4 is 4.31 Å². The van der Waals surface area contributed by atoms with Crippen molar-refractivity contribution in [3.8, 4) is 0 Å². The van der Waals surface area contributed by atoms with Crippen LogP contribution in [0.1, 0.15) is 5.56 Å². The number of esters is 1. The maximum Gasteiger partial charge on any atom is 0.326 e. The Bertz CT molecular complexity index is 817. The molecule has 128 valence electrons. The molecule has 0 saturated heterocycles. The Balaban J connectivity index is 2.52. The van der Waals surface area contributed by atoms with E-state index in [2.05, 4.69) is 4.74 Å². The van der Waals surface area contributed by atoms with Crippen molar-refractivity contribution in [3.63, 3.8) is 0 Å². The van der Waals surface area contributed by atoms with Gasteiger partial charge in [-0.1, -0.05) is 18.2 Å². The van der Waals surface area contributed by atoms with Crippen molar-refractivity contribution in [2.75, 3.05) is 24.2 Å². The molecule has 0 bridgehead atoms. The highest BCUT2D eigenvalue weighted by atomic mass is 32.2. The van der Waals surface area contributed by atoms with E-state index in [9.17, 15) is 13.2 Å². The molecule has 0 fully saturated rings. The highest BCUT2D eigenvalue weighted by Crippen LogP contribution is 2.27. The Labute approximate surface area is 146 Å². The number of ether oxygens (including phenoxy) is 1. The summed E-state index contributed by atoms with van der Waals surface area (Å²) in [5.41, 5.74) is 1.21. The normalized spacial score (nSPS) is 11.1. The van der Waals surface area contributed by atoms with Crippen LogP contribution in [-0.4, -0.2) is 34.3 Å². The van der Waals surface area contributed by atoms with Crippen LogP contribution in [0.2, 0.25) is 0 Å². The van der Waals surface area contributed by atoms with Crippen molar-refractivity contribution in [2.45, 2.75) is 16.7 Å². The molecular formula is C17H19NO4S2. The monoisotopic (exact) mass is 365 g/mol. The molecule has 7 heteroatoms. The lowest BCUT2D eigenvalue weighted by atomic mass is 10.2. The zero-order valence-electron chi connectivity index (χ0n) is 13.7. The van der Waals surface area contributed by atoms with E-state index in [1.54, 1.807) is 49.4 Å². The highest BCUT2D eigenvalue weighted by molar-refractivity contribution is 7.98. The first-order chi connectivity index (χ1) is 11.4. The van der Waals surface area contributed by atoms with Crippen molar-refractivity contribution < 1.29 is 17.9 Å². The molecule has 0 amide bonds. The number of methoxy groups -OCH3 is 1. The van der Waals surface area contributed by atoms with E-state index in [1.807, 2.05) is 12.3 Å². The maximum absolute atomic E-state index is 13.0. The molecule has 0 N–H and O–H groups in total. The lowest BCUT2D eigenvalue weighted by molar-refractivity contribution is -0.138. The van der Waals surface area contributed by atoms with Crippen LogP contribution in [0.15, 0.2) is 58.3 Å². The second-order valence-corrected chi connectivity index (χ2v) is 7.79. The average molecular weight is 365 g/mol. The first kappa shape index (κ1) is 18.4. The molecule has 0 spiro atoms. The van der Waals surface area contributed by atoms with E-state index in [-0.39, 0.29) is 11.4 Å². The number of hydrogen-bond acceptors (Lipinski definition) is 5. The van der Waals surface area contributed by atoms with Crippen molar-refractivity contribution in [3.05, 3.63) is 54.1 Å². The van der Waals surface area contributed by atoms with E-state index < -0.39 is 16.0 Å². The van der Waals surface area contributed by atoms with Crippen LogP contribution in [0, 0.1) is 6.92 Å². The van der Waals surface area contributed by atoms with Gasteiger partial charge >= 0.3 is 5.97 Å². The van der Waals surface area contributed by atoms with Gasteiger partial charge in [0.05, 0.1) is 17.7 Å². The summed E-state index contributed by atoms with van der Waals surface area (Å²) < 4.78 is 31.8. The number of rotatable bonds is 6. The van der Waals surface area contributed by atoms with Crippen molar-refractivity contribution in [1.29, 1.82) is 0 Å². The predicted octanol–water partition coefficient (Wildman–Crippen LogP) is 3.09. The van der Waals surface area contributed by atoms with Crippen molar-refractivity contribution in [1.82, 2.24) is 0 Å². The molecule has 2 rings (SSSR count). The van der Waals surface area contributed by atoms with E-state index in [1.165, 1.54) is 18.9 Å². The molecule has 0 atom stereocenters. The number of benzene rings is 2. The molecule has 0 saturated carbocycles. The molecule has 2 aromatic carbocycles. The van der Waals surface area contributed by atoms with Crippen molar-refractivity contribution in [2.24, 2.45) is 0 Å². The van der Waals surface area contributed by atoms with Gasteiger partial charge in [-0.3, -0.25) is 9.10 Å². The van der Waals surface area contributed by atoms with Crippen LogP contribution in [0.25, 0.3) is 0 Å². The van der Waals surface area contributed by atoms with Crippen LogP contribution in [-0.2, 0) is 19.6 Å². The summed E-state index contributed by atoms with van der Waals surface area (Å²) in [6.45, 7) is 1.42. The second kappa shape index (κ2) is 7.72. The Morgan fingerprint density at radius 2 is 1.75 bits per heavy atom. The van der Waals surface area contributed by atoms with E-state index in [4.69, 9.17) is 0 Å². The summed E-state index contributed by atoms with van der Waals surface area (Å²) in [4.78, 5) is 12.8. The summed E-state index contributed by atoms with van der Waals surface area (Å²) in [6.07, 6.45) is 1.92. The maximum atomic E-state index is 13.0.